The Morgan fingerprint density at radius 3 is 2.70 bits per heavy atom. The van der Waals surface area contributed by atoms with E-state index in [1.807, 2.05) is 24.3 Å². The van der Waals surface area contributed by atoms with Crippen LogP contribution in [-0.4, -0.2) is 18.3 Å². The lowest BCUT2D eigenvalue weighted by atomic mass is 9.90. The minimum atomic E-state index is -0.483. The highest BCUT2D eigenvalue weighted by Crippen LogP contribution is 2.26. The Kier molecular flexibility index (Phi) is 7.97. The van der Waals surface area contributed by atoms with Crippen molar-refractivity contribution in [3.05, 3.63) is 29.8 Å². The van der Waals surface area contributed by atoms with Gasteiger partial charge in [-0.2, -0.15) is 0 Å². The maximum Gasteiger partial charge on any atom is 0.119 e. The van der Waals surface area contributed by atoms with Gasteiger partial charge in [0.25, 0.3) is 0 Å². The Bertz CT molecular complexity index is 380. The van der Waals surface area contributed by atoms with Gasteiger partial charge in [-0.05, 0) is 49.4 Å². The number of hydrogen-bond acceptors (Lipinski definition) is 3. The fourth-order valence-electron chi connectivity index (χ4n) is 2.70. The molecule has 1 unspecified atom stereocenters. The first-order valence-corrected chi connectivity index (χ1v) is 7.40. The number of halogens is 1. The van der Waals surface area contributed by atoms with Crippen molar-refractivity contribution in [2.24, 2.45) is 11.7 Å². The summed E-state index contributed by atoms with van der Waals surface area (Å²) in [5.74, 6) is 1.56. The van der Waals surface area contributed by atoms with Gasteiger partial charge >= 0.3 is 0 Å². The smallest absolute Gasteiger partial charge is 0.119 e. The summed E-state index contributed by atoms with van der Waals surface area (Å²) in [6.07, 6.45) is 6.73. The standard InChI is InChI=1S/C16H25NO2.ClH/c17-10-9-16(18)14-7-4-8-15(11-14)19-12-13-5-2-1-3-6-13;/h4,7-8,11,13,16,18H,1-3,5-6,9-10,12,17H2;1H. The number of ether oxygens (including phenoxy) is 1. The molecule has 1 aromatic rings. The summed E-state index contributed by atoms with van der Waals surface area (Å²) in [5.41, 5.74) is 6.36. The second-order valence-electron chi connectivity index (χ2n) is 5.48. The molecule has 114 valence electrons. The summed E-state index contributed by atoms with van der Waals surface area (Å²) in [5, 5.41) is 9.93. The molecule has 1 aliphatic carbocycles. The molecule has 1 aromatic carbocycles. The first-order valence-electron chi connectivity index (χ1n) is 7.40. The molecule has 20 heavy (non-hydrogen) atoms. The van der Waals surface area contributed by atoms with Crippen LogP contribution in [0.1, 0.15) is 50.2 Å². The van der Waals surface area contributed by atoms with Gasteiger partial charge in [0.05, 0.1) is 12.7 Å². The van der Waals surface area contributed by atoms with Crippen molar-refractivity contribution in [1.82, 2.24) is 0 Å². The highest BCUT2D eigenvalue weighted by molar-refractivity contribution is 5.85. The molecule has 0 aromatic heterocycles. The Morgan fingerprint density at radius 1 is 1.25 bits per heavy atom. The molecule has 1 aliphatic rings. The van der Waals surface area contributed by atoms with Gasteiger partial charge in [-0.3, -0.25) is 0 Å². The van der Waals surface area contributed by atoms with E-state index >= 15 is 0 Å². The number of rotatable bonds is 6. The minimum Gasteiger partial charge on any atom is -0.493 e. The van der Waals surface area contributed by atoms with Crippen molar-refractivity contribution in [3.63, 3.8) is 0 Å². The Morgan fingerprint density at radius 2 is 2.00 bits per heavy atom. The molecule has 1 atom stereocenters. The number of aliphatic hydroxyl groups excluding tert-OH is 1. The quantitative estimate of drug-likeness (QED) is 0.846. The van der Waals surface area contributed by atoms with Gasteiger partial charge in [-0.15, -0.1) is 12.4 Å². The zero-order valence-electron chi connectivity index (χ0n) is 12.0. The summed E-state index contributed by atoms with van der Waals surface area (Å²) < 4.78 is 5.87. The SMILES string of the molecule is Cl.NCCC(O)c1cccc(OCC2CCCCC2)c1. The van der Waals surface area contributed by atoms with Crippen LogP contribution in [0, 0.1) is 5.92 Å². The summed E-state index contributed by atoms with van der Waals surface area (Å²) in [6.45, 7) is 1.30. The van der Waals surface area contributed by atoms with E-state index in [1.54, 1.807) is 0 Å². The largest absolute Gasteiger partial charge is 0.493 e. The predicted octanol–water partition coefficient (Wildman–Crippen LogP) is 3.45. The number of benzene rings is 1. The molecule has 0 aliphatic heterocycles. The van der Waals surface area contributed by atoms with Crippen molar-refractivity contribution in [3.8, 4) is 5.75 Å². The number of hydrogen-bond donors (Lipinski definition) is 2. The average molecular weight is 300 g/mol. The van der Waals surface area contributed by atoms with Crippen molar-refractivity contribution in [2.75, 3.05) is 13.2 Å². The number of aliphatic hydroxyl groups is 1. The zero-order chi connectivity index (χ0) is 13.5. The van der Waals surface area contributed by atoms with Crippen molar-refractivity contribution in [1.29, 1.82) is 0 Å². The third-order valence-electron chi connectivity index (χ3n) is 3.89. The van der Waals surface area contributed by atoms with Gasteiger partial charge in [-0.25, -0.2) is 0 Å². The van der Waals surface area contributed by atoms with Crippen LogP contribution in [0.3, 0.4) is 0 Å². The van der Waals surface area contributed by atoms with Crippen molar-refractivity contribution in [2.45, 2.75) is 44.6 Å². The van der Waals surface area contributed by atoms with E-state index in [1.165, 1.54) is 32.1 Å². The summed E-state index contributed by atoms with van der Waals surface area (Å²) in [7, 11) is 0. The maximum atomic E-state index is 9.93. The second kappa shape index (κ2) is 9.22. The lowest BCUT2D eigenvalue weighted by Gasteiger charge is -2.22. The average Bonchev–Trinajstić information content (AvgIpc) is 2.47. The molecule has 0 amide bonds. The van der Waals surface area contributed by atoms with Gasteiger partial charge in [0, 0.05) is 0 Å². The molecule has 3 nitrogen and oxygen atoms in total. The molecule has 2 rings (SSSR count). The normalized spacial score (nSPS) is 17.3. The molecule has 0 saturated heterocycles. The molecule has 3 N–H and O–H groups in total. The predicted molar refractivity (Wildman–Crippen MR) is 84.4 cm³/mol. The fourth-order valence-corrected chi connectivity index (χ4v) is 2.70. The van der Waals surface area contributed by atoms with E-state index in [2.05, 4.69) is 0 Å². The first-order chi connectivity index (χ1) is 9.29. The van der Waals surface area contributed by atoms with E-state index in [9.17, 15) is 5.11 Å². The molecule has 1 saturated carbocycles. The highest BCUT2D eigenvalue weighted by Gasteiger charge is 2.14. The summed E-state index contributed by atoms with van der Waals surface area (Å²) >= 11 is 0. The van der Waals surface area contributed by atoms with Crippen LogP contribution in [0.25, 0.3) is 0 Å². The molecule has 0 spiro atoms. The summed E-state index contributed by atoms with van der Waals surface area (Å²) in [4.78, 5) is 0. The molecule has 0 radical (unpaired) electrons. The lowest BCUT2D eigenvalue weighted by Crippen LogP contribution is -2.15. The first kappa shape index (κ1) is 17.3. The van der Waals surface area contributed by atoms with Crippen molar-refractivity contribution >= 4 is 12.4 Å². The monoisotopic (exact) mass is 299 g/mol. The molecule has 1 fully saturated rings. The van der Waals surface area contributed by atoms with E-state index < -0.39 is 6.10 Å². The van der Waals surface area contributed by atoms with Crippen LogP contribution in [0.5, 0.6) is 5.75 Å². The Balaban J connectivity index is 0.00000200. The highest BCUT2D eigenvalue weighted by atomic mass is 35.5. The van der Waals surface area contributed by atoms with Gasteiger partial charge < -0.3 is 15.6 Å². The Labute approximate surface area is 127 Å². The van der Waals surface area contributed by atoms with Crippen LogP contribution in [-0.2, 0) is 0 Å². The van der Waals surface area contributed by atoms with E-state index in [-0.39, 0.29) is 12.4 Å². The third kappa shape index (κ3) is 5.31. The molecule has 4 heteroatoms. The van der Waals surface area contributed by atoms with Gasteiger partial charge in [0.2, 0.25) is 0 Å². The topological polar surface area (TPSA) is 55.5 Å². The zero-order valence-corrected chi connectivity index (χ0v) is 12.8. The van der Waals surface area contributed by atoms with Gasteiger partial charge in [-0.1, -0.05) is 31.4 Å². The molecule has 0 heterocycles. The van der Waals surface area contributed by atoms with Crippen LogP contribution >= 0.6 is 12.4 Å². The molecule has 0 bridgehead atoms. The summed E-state index contributed by atoms with van der Waals surface area (Å²) in [6, 6.07) is 7.75. The van der Waals surface area contributed by atoms with Crippen LogP contribution in [0.2, 0.25) is 0 Å². The van der Waals surface area contributed by atoms with Gasteiger partial charge in [0.15, 0.2) is 0 Å². The number of nitrogens with two attached hydrogens (primary N) is 1. The molecular weight excluding hydrogens is 274 g/mol. The second-order valence-corrected chi connectivity index (χ2v) is 5.48. The van der Waals surface area contributed by atoms with Crippen LogP contribution in [0.4, 0.5) is 0 Å². The Hall–Kier alpha value is -0.770. The van der Waals surface area contributed by atoms with Crippen LogP contribution < -0.4 is 10.5 Å². The van der Waals surface area contributed by atoms with E-state index in [0.717, 1.165) is 17.9 Å². The third-order valence-corrected chi connectivity index (χ3v) is 3.89. The minimum absolute atomic E-state index is 0. The van der Waals surface area contributed by atoms with Gasteiger partial charge in [0.1, 0.15) is 5.75 Å². The lowest BCUT2D eigenvalue weighted by molar-refractivity contribution is 0.169. The maximum absolute atomic E-state index is 9.93. The van der Waals surface area contributed by atoms with E-state index in [0.29, 0.717) is 18.9 Å². The van der Waals surface area contributed by atoms with Crippen molar-refractivity contribution < 1.29 is 9.84 Å². The fraction of sp³-hybridized carbons (Fsp3) is 0.625. The van der Waals surface area contributed by atoms with Crippen LogP contribution in [0.15, 0.2) is 24.3 Å². The molecular formula is C16H26ClNO2. The van der Waals surface area contributed by atoms with E-state index in [4.69, 9.17) is 10.5 Å².